The third-order valence-electron chi connectivity index (χ3n) is 11.6. The zero-order valence-electron chi connectivity index (χ0n) is 32.6. The average molecular weight is 760 g/mol. The number of nitrogens with zero attached hydrogens (tertiary/aromatic N) is 3. The van der Waals surface area contributed by atoms with Crippen molar-refractivity contribution in [2.45, 2.75) is 19.3 Å². The molecule has 0 spiro atoms. The Morgan fingerprint density at radius 1 is 0.339 bits per heavy atom. The van der Waals surface area contributed by atoms with E-state index in [1.54, 1.807) is 0 Å². The third kappa shape index (κ3) is 6.07. The smallest absolute Gasteiger partial charge is 0.178 e. The van der Waals surface area contributed by atoms with Crippen molar-refractivity contribution in [2.75, 3.05) is 0 Å². The molecule has 8 aromatic carbocycles. The van der Waals surface area contributed by atoms with E-state index >= 15 is 0 Å². The van der Waals surface area contributed by atoms with Crippen LogP contribution in [0.5, 0.6) is 23.0 Å². The summed E-state index contributed by atoms with van der Waals surface area (Å²) in [5.74, 6) is 4.71. The molecule has 0 atom stereocenters. The summed E-state index contributed by atoms with van der Waals surface area (Å²) in [4.78, 5) is 15.3. The summed E-state index contributed by atoms with van der Waals surface area (Å²) < 4.78 is 13.2. The first-order chi connectivity index (χ1) is 29.0. The van der Waals surface area contributed by atoms with Gasteiger partial charge in [-0.15, -0.1) is 0 Å². The van der Waals surface area contributed by atoms with Crippen LogP contribution in [0.3, 0.4) is 0 Å². The van der Waals surface area contributed by atoms with Crippen molar-refractivity contribution < 1.29 is 9.47 Å². The number of ether oxygens (including phenoxy) is 2. The van der Waals surface area contributed by atoms with Crippen molar-refractivity contribution in [2.24, 2.45) is 0 Å². The van der Waals surface area contributed by atoms with E-state index < -0.39 is 0 Å². The fourth-order valence-electron chi connectivity index (χ4n) is 8.52. The van der Waals surface area contributed by atoms with E-state index in [2.05, 4.69) is 178 Å². The van der Waals surface area contributed by atoms with Crippen LogP contribution in [0.25, 0.3) is 78.7 Å². The molecule has 0 N–H and O–H groups in total. The van der Waals surface area contributed by atoms with Crippen molar-refractivity contribution in [3.8, 4) is 102 Å². The van der Waals surface area contributed by atoms with Gasteiger partial charge in [-0.05, 0) is 80.4 Å². The van der Waals surface area contributed by atoms with Crippen molar-refractivity contribution in [3.05, 3.63) is 199 Å². The van der Waals surface area contributed by atoms with Crippen molar-refractivity contribution in [1.82, 2.24) is 15.0 Å². The molecule has 0 bridgehead atoms. The number of aromatic nitrogens is 3. The Labute approximate surface area is 343 Å². The largest absolute Gasteiger partial charge is 0.449 e. The van der Waals surface area contributed by atoms with Gasteiger partial charge in [0.05, 0.1) is 0 Å². The summed E-state index contributed by atoms with van der Waals surface area (Å²) in [6.07, 6.45) is 0. The predicted molar refractivity (Wildman–Crippen MR) is 237 cm³/mol. The summed E-state index contributed by atoms with van der Waals surface area (Å²) in [6, 6.07) is 64.9. The van der Waals surface area contributed by atoms with Gasteiger partial charge in [-0.3, -0.25) is 0 Å². The lowest BCUT2D eigenvalue weighted by Gasteiger charge is -2.25. The summed E-state index contributed by atoms with van der Waals surface area (Å²) in [5, 5.41) is 0. The molecule has 0 amide bonds. The van der Waals surface area contributed by atoms with Gasteiger partial charge in [-0.2, -0.15) is 0 Å². The number of hydrogen-bond acceptors (Lipinski definition) is 5. The maximum absolute atomic E-state index is 6.76. The molecule has 0 radical (unpaired) electrons. The quantitative estimate of drug-likeness (QED) is 0.169. The average Bonchev–Trinajstić information content (AvgIpc) is 3.54. The van der Waals surface area contributed by atoms with Gasteiger partial charge in [0.2, 0.25) is 0 Å². The van der Waals surface area contributed by atoms with E-state index in [1.807, 2.05) is 24.3 Å². The van der Waals surface area contributed by atoms with Crippen LogP contribution in [0.1, 0.15) is 25.0 Å². The number of rotatable bonds is 6. The van der Waals surface area contributed by atoms with Gasteiger partial charge in [0.25, 0.3) is 0 Å². The minimum absolute atomic E-state index is 0.132. The van der Waals surface area contributed by atoms with Crippen LogP contribution in [0.2, 0.25) is 0 Å². The lowest BCUT2D eigenvalue weighted by molar-refractivity contribution is 0.360. The normalized spacial score (nSPS) is 13.0. The van der Waals surface area contributed by atoms with Gasteiger partial charge < -0.3 is 9.47 Å². The van der Waals surface area contributed by atoms with E-state index in [9.17, 15) is 0 Å². The summed E-state index contributed by atoms with van der Waals surface area (Å²) in [6.45, 7) is 4.55. The second-order valence-corrected chi connectivity index (χ2v) is 15.6. The number of hydrogen-bond donors (Lipinski definition) is 0. The lowest BCUT2D eigenvalue weighted by atomic mass is 9.82. The summed E-state index contributed by atoms with van der Waals surface area (Å²) >= 11 is 0. The molecule has 1 aromatic heterocycles. The topological polar surface area (TPSA) is 57.1 Å². The second-order valence-electron chi connectivity index (χ2n) is 15.6. The number of fused-ring (bicyclic) bond motifs is 6. The Morgan fingerprint density at radius 3 is 1.46 bits per heavy atom. The highest BCUT2D eigenvalue weighted by atomic mass is 16.6. The van der Waals surface area contributed by atoms with Crippen LogP contribution >= 0.6 is 0 Å². The van der Waals surface area contributed by atoms with Crippen LogP contribution in [-0.2, 0) is 5.41 Å². The molecule has 280 valence electrons. The molecule has 59 heavy (non-hydrogen) atoms. The Hall–Kier alpha value is -7.63. The van der Waals surface area contributed by atoms with E-state index in [0.29, 0.717) is 29.0 Å². The van der Waals surface area contributed by atoms with E-state index in [0.717, 1.165) is 67.1 Å². The first-order valence-electron chi connectivity index (χ1n) is 19.9. The van der Waals surface area contributed by atoms with Crippen LogP contribution in [0.4, 0.5) is 0 Å². The summed E-state index contributed by atoms with van der Waals surface area (Å²) in [5.41, 5.74) is 14.0. The molecule has 1 aliphatic heterocycles. The Kier molecular flexibility index (Phi) is 8.09. The molecular weight excluding hydrogens is 723 g/mol. The van der Waals surface area contributed by atoms with Gasteiger partial charge in [0.1, 0.15) is 0 Å². The van der Waals surface area contributed by atoms with Gasteiger partial charge in [0.15, 0.2) is 40.5 Å². The highest BCUT2D eigenvalue weighted by Gasteiger charge is 2.39. The first kappa shape index (κ1) is 34.6. The standard InChI is InChI=1S/C54H37N3O2/c1-54(2)44-22-10-9-21-43(44)49-45(54)28-30-47-50(49)59-48-33-40(27-29-46(48)58-47)36-23-25-37(26-24-36)51-55-52(41-19-11-17-38(31-41)34-13-5-3-6-14-34)57-53(56-51)42-20-12-18-39(32-42)35-15-7-4-8-16-35/h3-33H,1-2H3. The van der Waals surface area contributed by atoms with Gasteiger partial charge >= 0.3 is 0 Å². The second kappa shape index (κ2) is 13.8. The van der Waals surface area contributed by atoms with Gasteiger partial charge in [-0.25, -0.2) is 15.0 Å². The third-order valence-corrected chi connectivity index (χ3v) is 11.6. The van der Waals surface area contributed by atoms with E-state index in [1.165, 1.54) is 16.7 Å². The Morgan fingerprint density at radius 2 is 0.814 bits per heavy atom. The van der Waals surface area contributed by atoms with Crippen LogP contribution < -0.4 is 9.47 Å². The molecule has 0 saturated heterocycles. The fourth-order valence-corrected chi connectivity index (χ4v) is 8.52. The van der Waals surface area contributed by atoms with E-state index in [-0.39, 0.29) is 5.41 Å². The van der Waals surface area contributed by atoms with Crippen LogP contribution in [0, 0.1) is 0 Å². The van der Waals surface area contributed by atoms with Crippen LogP contribution in [-0.4, -0.2) is 15.0 Å². The molecule has 1 aliphatic carbocycles. The molecule has 2 aliphatic rings. The predicted octanol–water partition coefficient (Wildman–Crippen LogP) is 14.1. The zero-order valence-corrected chi connectivity index (χ0v) is 32.6. The number of benzene rings is 8. The molecule has 9 aromatic rings. The Bertz CT molecular complexity index is 2970. The highest BCUT2D eigenvalue weighted by Crippen LogP contribution is 2.58. The molecule has 5 heteroatoms. The fraction of sp³-hybridized carbons (Fsp3) is 0.0556. The minimum Gasteiger partial charge on any atom is -0.449 e. The molecule has 0 fully saturated rings. The SMILES string of the molecule is CC1(C)c2ccccc2-c2c1ccc1c2Oc2cc(-c3ccc(-c4nc(-c5cccc(-c6ccccc6)c5)nc(-c5cccc(-c6ccccc6)c5)n4)cc3)ccc2O1. The Balaban J connectivity index is 0.955. The lowest BCUT2D eigenvalue weighted by Crippen LogP contribution is -2.15. The zero-order chi connectivity index (χ0) is 39.5. The maximum Gasteiger partial charge on any atom is 0.178 e. The molecule has 2 heterocycles. The van der Waals surface area contributed by atoms with Crippen molar-refractivity contribution >= 4 is 0 Å². The first-order valence-corrected chi connectivity index (χ1v) is 19.9. The van der Waals surface area contributed by atoms with Gasteiger partial charge in [-0.1, -0.05) is 172 Å². The molecule has 0 saturated carbocycles. The van der Waals surface area contributed by atoms with Crippen molar-refractivity contribution in [1.29, 1.82) is 0 Å². The van der Waals surface area contributed by atoms with Crippen molar-refractivity contribution in [3.63, 3.8) is 0 Å². The summed E-state index contributed by atoms with van der Waals surface area (Å²) in [7, 11) is 0. The molecule has 5 nitrogen and oxygen atoms in total. The van der Waals surface area contributed by atoms with Gasteiger partial charge in [0, 0.05) is 27.7 Å². The maximum atomic E-state index is 6.76. The van der Waals surface area contributed by atoms with Crippen LogP contribution in [0.15, 0.2) is 188 Å². The highest BCUT2D eigenvalue weighted by molar-refractivity contribution is 5.88. The molecule has 0 unspecified atom stereocenters. The van der Waals surface area contributed by atoms with E-state index in [4.69, 9.17) is 24.4 Å². The molecular formula is C54H37N3O2. The minimum atomic E-state index is -0.132. The molecule has 11 rings (SSSR count). The monoisotopic (exact) mass is 759 g/mol.